The van der Waals surface area contributed by atoms with E-state index >= 15 is 0 Å². The van der Waals surface area contributed by atoms with E-state index in [2.05, 4.69) is 33.0 Å². The van der Waals surface area contributed by atoms with Crippen molar-refractivity contribution in [3.8, 4) is 17.2 Å². The number of ether oxygens (including phenoxy) is 1. The predicted molar refractivity (Wildman–Crippen MR) is 129 cm³/mol. The maximum atomic E-state index is 12.6. The van der Waals surface area contributed by atoms with E-state index in [9.17, 15) is 14.9 Å². The van der Waals surface area contributed by atoms with Gasteiger partial charge in [-0.05, 0) is 23.6 Å². The molecule has 1 aliphatic rings. The molecule has 1 amide bonds. The molecule has 1 unspecified atom stereocenters. The van der Waals surface area contributed by atoms with Gasteiger partial charge in [0, 0.05) is 35.9 Å². The second-order valence-corrected chi connectivity index (χ2v) is 8.71. The van der Waals surface area contributed by atoms with Gasteiger partial charge in [0.05, 0.1) is 6.07 Å². The van der Waals surface area contributed by atoms with Gasteiger partial charge in [-0.25, -0.2) is 0 Å². The summed E-state index contributed by atoms with van der Waals surface area (Å²) in [7, 11) is 3.59. The summed E-state index contributed by atoms with van der Waals surface area (Å²) in [6.07, 6.45) is 2.66. The van der Waals surface area contributed by atoms with Gasteiger partial charge < -0.3 is 27.6 Å². The molecular weight excluding hydrogens is 437 g/mol. The van der Waals surface area contributed by atoms with E-state index < -0.39 is 12.1 Å². The van der Waals surface area contributed by atoms with Crippen LogP contribution in [0.15, 0.2) is 42.5 Å². The van der Waals surface area contributed by atoms with Crippen LogP contribution < -0.4 is 29.5 Å². The smallest absolute Gasteiger partial charge is 0.542 e. The Balaban J connectivity index is 0.00000289. The summed E-state index contributed by atoms with van der Waals surface area (Å²) in [5, 5.41) is 15.6. The van der Waals surface area contributed by atoms with Gasteiger partial charge in [0.15, 0.2) is 0 Å². The molecule has 1 aliphatic heterocycles. The van der Waals surface area contributed by atoms with Crippen molar-refractivity contribution < 1.29 is 33.2 Å². The Hall–Kier alpha value is -2.20. The standard InChI is InChI=1S/C25H26N3O3Si.CH3.Li/c1-17-24(32)16-31-23(15-27-17)25(30)28-22(14-26)13-19-7-9-20(10-8-19)21-6-2-4-18(12-21)5-3-11-29;;/h2,6-10,12,17,22-24,27H,3,5,13,15-16H2,1H3,(H,28,30);1H3;/q-2;-1;+1/t17-,22-,23-,24?;;/m0../s1. The molecule has 8 heteroatoms. The van der Waals surface area contributed by atoms with Crippen LogP contribution in [0.4, 0.5) is 0 Å². The molecule has 3 rings (SSSR count). The zero-order chi connectivity index (χ0) is 22.9. The fourth-order valence-electron chi connectivity index (χ4n) is 3.51. The zero-order valence-electron chi connectivity index (χ0n) is 20.1. The van der Waals surface area contributed by atoms with Gasteiger partial charge in [-0.2, -0.15) is 41.5 Å². The molecule has 3 radical (unpaired) electrons. The summed E-state index contributed by atoms with van der Waals surface area (Å²) >= 11 is 0. The number of hydrogen-bond donors (Lipinski definition) is 2. The summed E-state index contributed by atoms with van der Waals surface area (Å²) in [6, 6.07) is 18.6. The zero-order valence-corrected chi connectivity index (χ0v) is 21.1. The molecular formula is C26H29LiN3O3Si-2. The first-order valence-electron chi connectivity index (χ1n) is 10.7. The van der Waals surface area contributed by atoms with Crippen LogP contribution in [-0.2, 0) is 27.2 Å². The Morgan fingerprint density at radius 2 is 2.09 bits per heavy atom. The molecule has 0 aromatic heterocycles. The molecule has 1 fully saturated rings. The summed E-state index contributed by atoms with van der Waals surface area (Å²) < 4.78 is 5.69. The number of benzene rings is 2. The SMILES string of the molecule is C[C@@H]1NC[C@@H](C(=O)N[C@H](C#N)Cc2ccc(-c3cc[c-]c(CC[C-]=O)c3)cc2)OCC1[Si].[CH3-].[Li+]. The summed E-state index contributed by atoms with van der Waals surface area (Å²) in [6.45, 7) is 2.86. The van der Waals surface area contributed by atoms with E-state index in [4.69, 9.17) is 4.74 Å². The van der Waals surface area contributed by atoms with Gasteiger partial charge in [0.1, 0.15) is 12.1 Å². The second kappa shape index (κ2) is 14.9. The van der Waals surface area contributed by atoms with E-state index in [0.717, 1.165) is 22.3 Å². The number of carbonyl (C=O) groups is 1. The fourth-order valence-corrected chi connectivity index (χ4v) is 3.73. The number of amides is 1. The maximum absolute atomic E-state index is 12.6. The van der Waals surface area contributed by atoms with Crippen molar-refractivity contribution in [2.24, 2.45) is 0 Å². The first kappa shape index (κ1) is 29.8. The topological polar surface area (TPSA) is 91.2 Å². The molecule has 2 N–H and O–H groups in total. The summed E-state index contributed by atoms with van der Waals surface area (Å²) in [5.41, 5.74) is 4.12. The number of carbonyl (C=O) groups excluding carboxylic acids is 2. The van der Waals surface area contributed by atoms with Crippen LogP contribution >= 0.6 is 0 Å². The monoisotopic (exact) mass is 466 g/mol. The van der Waals surface area contributed by atoms with E-state index in [0.29, 0.717) is 32.4 Å². The van der Waals surface area contributed by atoms with Crippen molar-refractivity contribution in [3.05, 3.63) is 67.1 Å². The Morgan fingerprint density at radius 3 is 2.76 bits per heavy atom. The number of nitriles is 1. The van der Waals surface area contributed by atoms with Crippen LogP contribution in [0.2, 0.25) is 5.54 Å². The van der Waals surface area contributed by atoms with Gasteiger partial charge in [0.25, 0.3) is 5.91 Å². The number of rotatable bonds is 8. The molecule has 1 saturated heterocycles. The average molecular weight is 467 g/mol. The van der Waals surface area contributed by atoms with Gasteiger partial charge in [0.2, 0.25) is 0 Å². The number of nitrogens with zero attached hydrogens (tertiary/aromatic N) is 1. The molecule has 0 bridgehead atoms. The van der Waals surface area contributed by atoms with Crippen LogP contribution in [0, 0.1) is 24.8 Å². The van der Waals surface area contributed by atoms with Crippen molar-refractivity contribution in [2.45, 2.75) is 49.9 Å². The minimum Gasteiger partial charge on any atom is -0.542 e. The Kier molecular flexibility index (Phi) is 13.1. The molecule has 4 atom stereocenters. The molecule has 34 heavy (non-hydrogen) atoms. The van der Waals surface area contributed by atoms with Crippen molar-refractivity contribution >= 4 is 22.4 Å². The van der Waals surface area contributed by atoms with Crippen molar-refractivity contribution in [3.63, 3.8) is 0 Å². The molecule has 2 aromatic rings. The molecule has 2 aromatic carbocycles. The van der Waals surface area contributed by atoms with Crippen LogP contribution in [0.3, 0.4) is 0 Å². The molecule has 1 heterocycles. The molecule has 6 nitrogen and oxygen atoms in total. The Bertz CT molecular complexity index is 953. The van der Waals surface area contributed by atoms with Crippen LogP contribution in [-0.4, -0.2) is 53.8 Å². The van der Waals surface area contributed by atoms with E-state index in [1.165, 1.54) is 0 Å². The number of aryl methyl sites for hydroxylation is 1. The minimum absolute atomic E-state index is 0. The summed E-state index contributed by atoms with van der Waals surface area (Å²) in [5.74, 6) is -0.283. The van der Waals surface area contributed by atoms with Gasteiger partial charge in [-0.15, -0.1) is 5.56 Å². The Labute approximate surface area is 218 Å². The quantitative estimate of drug-likeness (QED) is 0.406. The fraction of sp³-hybridized carbons (Fsp3) is 0.385. The third kappa shape index (κ3) is 8.54. The van der Waals surface area contributed by atoms with Crippen molar-refractivity contribution in [1.29, 1.82) is 5.26 Å². The largest absolute Gasteiger partial charge is 1.00 e. The molecule has 0 spiro atoms. The van der Waals surface area contributed by atoms with Crippen molar-refractivity contribution in [1.82, 2.24) is 10.6 Å². The van der Waals surface area contributed by atoms with Crippen LogP contribution in [0.1, 0.15) is 24.5 Å². The third-order valence-corrected chi connectivity index (χ3v) is 6.22. The minimum atomic E-state index is -0.644. The summed E-state index contributed by atoms with van der Waals surface area (Å²) in [4.78, 5) is 23.1. The van der Waals surface area contributed by atoms with E-state index in [1.54, 1.807) is 0 Å². The second-order valence-electron chi connectivity index (χ2n) is 7.96. The van der Waals surface area contributed by atoms with Crippen LogP contribution in [0.25, 0.3) is 11.1 Å². The van der Waals surface area contributed by atoms with Crippen molar-refractivity contribution in [2.75, 3.05) is 13.2 Å². The molecule has 173 valence electrons. The Morgan fingerprint density at radius 1 is 1.35 bits per heavy atom. The normalized spacial score (nSPS) is 20.4. The average Bonchev–Trinajstić information content (AvgIpc) is 2.98. The van der Waals surface area contributed by atoms with E-state index in [-0.39, 0.29) is 43.8 Å². The predicted octanol–water partition coefficient (Wildman–Crippen LogP) is -0.465. The first-order chi connectivity index (χ1) is 15.5. The first-order valence-corrected chi connectivity index (χ1v) is 11.3. The number of nitrogens with one attached hydrogen (secondary N) is 2. The maximum Gasteiger partial charge on any atom is 1.00 e. The number of hydrogen-bond acceptors (Lipinski definition) is 5. The van der Waals surface area contributed by atoms with E-state index in [1.807, 2.05) is 55.7 Å². The van der Waals surface area contributed by atoms with Crippen LogP contribution in [0.5, 0.6) is 0 Å². The van der Waals surface area contributed by atoms with Gasteiger partial charge in [-0.3, -0.25) is 11.1 Å². The third-order valence-electron chi connectivity index (χ3n) is 5.56. The van der Waals surface area contributed by atoms with Gasteiger partial charge >= 0.3 is 18.9 Å². The molecule has 0 saturated carbocycles. The van der Waals surface area contributed by atoms with Gasteiger partial charge in [-0.1, -0.05) is 30.7 Å². The molecule has 0 aliphatic carbocycles.